The van der Waals surface area contributed by atoms with Crippen LogP contribution in [0.25, 0.3) is 10.9 Å². The average Bonchev–Trinajstić information content (AvgIpc) is 2.66. The van der Waals surface area contributed by atoms with E-state index in [0.29, 0.717) is 16.9 Å². The van der Waals surface area contributed by atoms with Crippen LogP contribution in [0.1, 0.15) is 36.2 Å². The molecular weight excluding hydrogens is 339 g/mol. The van der Waals surface area contributed by atoms with E-state index in [9.17, 15) is 9.18 Å². The maximum Gasteiger partial charge on any atom is 0.253 e. The Morgan fingerprint density at radius 2 is 1.93 bits per heavy atom. The third-order valence-corrected chi connectivity index (χ3v) is 4.10. The number of halogens is 1. The van der Waals surface area contributed by atoms with Crippen molar-refractivity contribution in [3.63, 3.8) is 0 Å². The highest BCUT2D eigenvalue weighted by Gasteiger charge is 2.14. The molecule has 1 amide bonds. The molecule has 0 aliphatic rings. The van der Waals surface area contributed by atoms with Gasteiger partial charge in [-0.15, -0.1) is 0 Å². The number of carbonyl (C=O) groups is 1. The van der Waals surface area contributed by atoms with Gasteiger partial charge in [-0.1, -0.05) is 56.0 Å². The minimum atomic E-state index is -0.397. The number of aromatic nitrogens is 1. The van der Waals surface area contributed by atoms with Gasteiger partial charge in [-0.05, 0) is 36.6 Å². The van der Waals surface area contributed by atoms with Gasteiger partial charge in [0.15, 0.2) is 0 Å². The van der Waals surface area contributed by atoms with Crippen molar-refractivity contribution in [3.8, 4) is 11.8 Å². The first kappa shape index (κ1) is 18.6. The molecule has 0 bridgehead atoms. The fourth-order valence-electron chi connectivity index (χ4n) is 2.81. The quantitative estimate of drug-likeness (QED) is 0.693. The molecule has 0 saturated heterocycles. The molecule has 1 atom stereocenters. The summed E-state index contributed by atoms with van der Waals surface area (Å²) in [4.78, 5) is 16.8. The predicted molar refractivity (Wildman–Crippen MR) is 106 cm³/mol. The molecule has 0 aliphatic carbocycles. The molecule has 0 aliphatic heterocycles. The van der Waals surface area contributed by atoms with Gasteiger partial charge in [0.05, 0.1) is 11.6 Å². The molecule has 0 saturated carbocycles. The van der Waals surface area contributed by atoms with Crippen LogP contribution in [0, 0.1) is 23.6 Å². The molecule has 4 heteroatoms. The zero-order valence-corrected chi connectivity index (χ0v) is 15.4. The second-order valence-electron chi connectivity index (χ2n) is 6.83. The third kappa shape index (κ3) is 4.92. The Bertz CT molecular complexity index is 1000. The standard InChI is InChI=1S/C23H21FN2O/c1-16(2)13-20(12-11-17-7-4-3-5-8-17)26-23(27)19-14-18-9-6-10-21(24)22(18)25-15-19/h3-10,14-16,20H,13H2,1-2H3,(H,26,27)/t20-/m0/s1. The number of rotatable bonds is 4. The summed E-state index contributed by atoms with van der Waals surface area (Å²) in [5, 5.41) is 3.56. The number of pyridine rings is 1. The number of hydrogen-bond acceptors (Lipinski definition) is 2. The van der Waals surface area contributed by atoms with Crippen LogP contribution in [0.2, 0.25) is 0 Å². The van der Waals surface area contributed by atoms with Crippen molar-refractivity contribution in [2.24, 2.45) is 5.92 Å². The monoisotopic (exact) mass is 360 g/mol. The molecule has 0 radical (unpaired) electrons. The molecule has 3 rings (SSSR count). The topological polar surface area (TPSA) is 42.0 Å². The zero-order valence-electron chi connectivity index (χ0n) is 15.4. The molecular formula is C23H21FN2O. The number of carbonyl (C=O) groups excluding carboxylic acids is 1. The first-order valence-corrected chi connectivity index (χ1v) is 8.94. The second-order valence-corrected chi connectivity index (χ2v) is 6.83. The molecule has 3 nitrogen and oxygen atoms in total. The lowest BCUT2D eigenvalue weighted by Gasteiger charge is -2.15. The number of benzene rings is 2. The van der Waals surface area contributed by atoms with E-state index in [1.165, 1.54) is 12.3 Å². The Morgan fingerprint density at radius 1 is 1.15 bits per heavy atom. The molecule has 136 valence electrons. The minimum Gasteiger partial charge on any atom is -0.338 e. The summed E-state index contributed by atoms with van der Waals surface area (Å²) in [6.45, 7) is 4.17. The van der Waals surface area contributed by atoms with Gasteiger partial charge in [-0.25, -0.2) is 4.39 Å². The number of nitrogens with zero attached hydrogens (tertiary/aromatic N) is 1. The SMILES string of the molecule is CC(C)C[C@H](C#Cc1ccccc1)NC(=O)c1cnc2c(F)cccc2c1. The van der Waals surface area contributed by atoms with Crippen LogP contribution >= 0.6 is 0 Å². The highest BCUT2D eigenvalue weighted by Crippen LogP contribution is 2.16. The highest BCUT2D eigenvalue weighted by molar-refractivity contribution is 5.97. The molecule has 27 heavy (non-hydrogen) atoms. The van der Waals surface area contributed by atoms with E-state index in [2.05, 4.69) is 36.0 Å². The van der Waals surface area contributed by atoms with Crippen molar-refractivity contribution in [1.29, 1.82) is 0 Å². The predicted octanol–water partition coefficient (Wildman–Crippen LogP) is 4.57. The van der Waals surface area contributed by atoms with Crippen LogP contribution in [0.3, 0.4) is 0 Å². The van der Waals surface area contributed by atoms with Gasteiger partial charge in [0.2, 0.25) is 0 Å². The summed E-state index contributed by atoms with van der Waals surface area (Å²) in [6, 6.07) is 15.7. The van der Waals surface area contributed by atoms with Crippen LogP contribution < -0.4 is 5.32 Å². The summed E-state index contributed by atoms with van der Waals surface area (Å²) in [7, 11) is 0. The Labute approximate surface area is 158 Å². The van der Waals surface area contributed by atoms with E-state index in [-0.39, 0.29) is 17.5 Å². The van der Waals surface area contributed by atoms with Crippen LogP contribution in [0.15, 0.2) is 60.8 Å². The lowest BCUT2D eigenvalue weighted by atomic mass is 10.0. The van der Waals surface area contributed by atoms with Gasteiger partial charge in [0.1, 0.15) is 11.3 Å². The number of amides is 1. The van der Waals surface area contributed by atoms with Crippen LogP contribution in [0.4, 0.5) is 4.39 Å². The molecule has 0 fully saturated rings. The molecule has 1 aromatic heterocycles. The first-order chi connectivity index (χ1) is 13.0. The van der Waals surface area contributed by atoms with Crippen LogP contribution in [-0.2, 0) is 0 Å². The molecule has 0 spiro atoms. The maximum absolute atomic E-state index is 13.8. The number of hydrogen-bond donors (Lipinski definition) is 1. The fraction of sp³-hybridized carbons (Fsp3) is 0.217. The maximum atomic E-state index is 13.8. The second kappa shape index (κ2) is 8.46. The number of para-hydroxylation sites is 1. The largest absolute Gasteiger partial charge is 0.338 e. The van der Waals surface area contributed by atoms with Gasteiger partial charge in [-0.3, -0.25) is 9.78 Å². The summed E-state index contributed by atoms with van der Waals surface area (Å²) in [5.74, 6) is 5.99. The van der Waals surface area contributed by atoms with E-state index < -0.39 is 5.82 Å². The van der Waals surface area contributed by atoms with Crippen molar-refractivity contribution >= 4 is 16.8 Å². The molecule has 0 unspecified atom stereocenters. The lowest BCUT2D eigenvalue weighted by Crippen LogP contribution is -2.35. The molecule has 2 aromatic carbocycles. The number of nitrogens with one attached hydrogen (secondary N) is 1. The third-order valence-electron chi connectivity index (χ3n) is 4.10. The lowest BCUT2D eigenvalue weighted by molar-refractivity contribution is 0.0942. The average molecular weight is 360 g/mol. The number of fused-ring (bicyclic) bond motifs is 1. The Balaban J connectivity index is 1.81. The van der Waals surface area contributed by atoms with E-state index in [4.69, 9.17) is 0 Å². The Hall–Kier alpha value is -3.19. The fourth-order valence-corrected chi connectivity index (χ4v) is 2.81. The van der Waals surface area contributed by atoms with Gasteiger partial charge < -0.3 is 5.32 Å². The summed E-state index contributed by atoms with van der Waals surface area (Å²) in [6.07, 6.45) is 2.14. The van der Waals surface area contributed by atoms with Gasteiger partial charge in [-0.2, -0.15) is 0 Å². The Morgan fingerprint density at radius 3 is 2.67 bits per heavy atom. The summed E-state index contributed by atoms with van der Waals surface area (Å²) >= 11 is 0. The van der Waals surface area contributed by atoms with Crippen LogP contribution in [-0.4, -0.2) is 16.9 Å². The van der Waals surface area contributed by atoms with Gasteiger partial charge in [0.25, 0.3) is 5.91 Å². The van der Waals surface area contributed by atoms with Gasteiger partial charge >= 0.3 is 0 Å². The Kier molecular flexibility index (Phi) is 5.83. The van der Waals surface area contributed by atoms with Crippen molar-refractivity contribution in [3.05, 3.63) is 77.7 Å². The zero-order chi connectivity index (χ0) is 19.2. The normalized spacial score (nSPS) is 11.7. The highest BCUT2D eigenvalue weighted by atomic mass is 19.1. The van der Waals surface area contributed by atoms with Crippen molar-refractivity contribution in [2.75, 3.05) is 0 Å². The molecule has 1 N–H and O–H groups in total. The van der Waals surface area contributed by atoms with E-state index in [1.54, 1.807) is 18.2 Å². The molecule has 1 heterocycles. The first-order valence-electron chi connectivity index (χ1n) is 8.94. The smallest absolute Gasteiger partial charge is 0.253 e. The van der Waals surface area contributed by atoms with E-state index >= 15 is 0 Å². The van der Waals surface area contributed by atoms with Crippen LogP contribution in [0.5, 0.6) is 0 Å². The molecule has 3 aromatic rings. The van der Waals surface area contributed by atoms with E-state index in [1.807, 2.05) is 30.3 Å². The van der Waals surface area contributed by atoms with Crippen molar-refractivity contribution < 1.29 is 9.18 Å². The van der Waals surface area contributed by atoms with E-state index in [0.717, 1.165) is 12.0 Å². The van der Waals surface area contributed by atoms with Gasteiger partial charge in [0, 0.05) is 17.1 Å². The summed E-state index contributed by atoms with van der Waals surface area (Å²) < 4.78 is 13.8. The van der Waals surface area contributed by atoms with Crippen molar-refractivity contribution in [1.82, 2.24) is 10.3 Å². The summed E-state index contributed by atoms with van der Waals surface area (Å²) in [5.41, 5.74) is 1.56. The minimum absolute atomic E-state index is 0.261. The van der Waals surface area contributed by atoms with Crippen molar-refractivity contribution in [2.45, 2.75) is 26.3 Å².